The number of hydrogen-bond donors (Lipinski definition) is 1. The molecule has 1 heterocycles. The van der Waals surface area contributed by atoms with Gasteiger partial charge in [0.05, 0.1) is 12.7 Å². The highest BCUT2D eigenvalue weighted by molar-refractivity contribution is 5.90. The average molecular weight is 333 g/mol. The molecule has 2 aromatic rings. The van der Waals surface area contributed by atoms with Crippen molar-refractivity contribution in [1.82, 2.24) is 0 Å². The lowest BCUT2D eigenvalue weighted by Gasteiger charge is -2.37. The van der Waals surface area contributed by atoms with Crippen LogP contribution in [0.4, 0.5) is 5.69 Å². The third-order valence-corrected chi connectivity index (χ3v) is 5.49. The Morgan fingerprint density at radius 1 is 1.20 bits per heavy atom. The number of carbonyl (C=O) groups is 1. The van der Waals surface area contributed by atoms with Crippen LogP contribution in [0.15, 0.2) is 60.7 Å². The molecule has 0 radical (unpaired) electrons. The second kappa shape index (κ2) is 6.75. The first kappa shape index (κ1) is 15.9. The van der Waals surface area contributed by atoms with Crippen molar-refractivity contribution in [2.45, 2.75) is 31.2 Å². The predicted molar refractivity (Wildman–Crippen MR) is 99.9 cm³/mol. The Bertz CT molecular complexity index is 797. The highest BCUT2D eigenvalue weighted by Crippen LogP contribution is 2.45. The number of aryl methyl sites for hydroxylation is 1. The fraction of sp³-hybridized carbons (Fsp3) is 0.318. The number of benzene rings is 2. The van der Waals surface area contributed by atoms with Crippen LogP contribution in [0.2, 0.25) is 0 Å². The predicted octanol–water partition coefficient (Wildman–Crippen LogP) is 4.56. The monoisotopic (exact) mass is 333 g/mol. The number of nitrogens with one attached hydrogen (secondary N) is 1. The Morgan fingerprint density at radius 2 is 2.04 bits per heavy atom. The van der Waals surface area contributed by atoms with E-state index in [1.54, 1.807) is 0 Å². The minimum absolute atomic E-state index is 0.271. The van der Waals surface area contributed by atoms with Crippen LogP contribution in [-0.2, 0) is 11.2 Å². The fourth-order valence-corrected chi connectivity index (χ4v) is 4.20. The maximum Gasteiger partial charge on any atom is 0.337 e. The third kappa shape index (κ3) is 3.07. The first-order valence-corrected chi connectivity index (χ1v) is 8.95. The molecule has 2 aromatic carbocycles. The topological polar surface area (TPSA) is 38.3 Å². The van der Waals surface area contributed by atoms with Gasteiger partial charge >= 0.3 is 5.97 Å². The lowest BCUT2D eigenvalue weighted by atomic mass is 9.77. The van der Waals surface area contributed by atoms with E-state index in [2.05, 4.69) is 47.8 Å². The summed E-state index contributed by atoms with van der Waals surface area (Å²) in [5.74, 6) is 0.679. The summed E-state index contributed by atoms with van der Waals surface area (Å²) in [5, 5.41) is 3.73. The van der Waals surface area contributed by atoms with Gasteiger partial charge in [0.25, 0.3) is 0 Å². The van der Waals surface area contributed by atoms with E-state index in [0.29, 0.717) is 23.4 Å². The summed E-state index contributed by atoms with van der Waals surface area (Å²) in [4.78, 5) is 11.9. The average Bonchev–Trinajstić information content (AvgIpc) is 3.16. The second-order valence-electron chi connectivity index (χ2n) is 6.92. The molecule has 1 N–H and O–H groups in total. The van der Waals surface area contributed by atoms with Gasteiger partial charge in [0.1, 0.15) is 0 Å². The number of fused-ring (bicyclic) bond motifs is 3. The zero-order valence-electron chi connectivity index (χ0n) is 14.4. The summed E-state index contributed by atoms with van der Waals surface area (Å²) in [6.45, 7) is 0. The molecule has 0 fully saturated rings. The third-order valence-electron chi connectivity index (χ3n) is 5.49. The van der Waals surface area contributed by atoms with Crippen LogP contribution in [0.25, 0.3) is 0 Å². The van der Waals surface area contributed by atoms with Crippen molar-refractivity contribution in [2.24, 2.45) is 5.92 Å². The number of anilines is 1. The van der Waals surface area contributed by atoms with Crippen LogP contribution in [0, 0.1) is 5.92 Å². The number of hydrogen-bond acceptors (Lipinski definition) is 3. The fourth-order valence-electron chi connectivity index (χ4n) is 4.20. The van der Waals surface area contributed by atoms with Gasteiger partial charge < -0.3 is 10.1 Å². The van der Waals surface area contributed by atoms with Crippen molar-refractivity contribution in [3.05, 3.63) is 77.4 Å². The molecule has 1 aliphatic carbocycles. The van der Waals surface area contributed by atoms with Gasteiger partial charge in [-0.1, -0.05) is 42.5 Å². The van der Waals surface area contributed by atoms with Gasteiger partial charge in [0.15, 0.2) is 0 Å². The molecule has 2 aliphatic rings. The van der Waals surface area contributed by atoms with Crippen molar-refractivity contribution in [1.29, 1.82) is 0 Å². The molecule has 0 unspecified atom stereocenters. The van der Waals surface area contributed by atoms with Crippen molar-refractivity contribution < 1.29 is 9.53 Å². The smallest absolute Gasteiger partial charge is 0.337 e. The number of methoxy groups -OCH3 is 1. The number of carbonyl (C=O) groups excluding carboxylic acids is 1. The molecule has 0 amide bonds. The molecule has 0 saturated carbocycles. The summed E-state index contributed by atoms with van der Waals surface area (Å²) in [5.41, 5.74) is 4.39. The van der Waals surface area contributed by atoms with Crippen molar-refractivity contribution in [3.8, 4) is 0 Å². The van der Waals surface area contributed by atoms with E-state index in [4.69, 9.17) is 4.74 Å². The highest BCUT2D eigenvalue weighted by atomic mass is 16.5. The zero-order chi connectivity index (χ0) is 17.2. The van der Waals surface area contributed by atoms with E-state index in [-0.39, 0.29) is 5.97 Å². The molecule has 0 saturated heterocycles. The van der Waals surface area contributed by atoms with Crippen LogP contribution in [0.3, 0.4) is 0 Å². The maximum absolute atomic E-state index is 11.9. The first-order valence-electron chi connectivity index (χ1n) is 8.95. The summed E-state index contributed by atoms with van der Waals surface area (Å²) < 4.78 is 4.87. The van der Waals surface area contributed by atoms with Crippen molar-refractivity contribution in [3.63, 3.8) is 0 Å². The van der Waals surface area contributed by atoms with E-state index in [1.807, 2.05) is 18.2 Å². The zero-order valence-corrected chi connectivity index (χ0v) is 14.4. The molecule has 0 aromatic heterocycles. The van der Waals surface area contributed by atoms with Crippen LogP contribution in [0.5, 0.6) is 0 Å². The lowest BCUT2D eigenvalue weighted by molar-refractivity contribution is 0.0600. The van der Waals surface area contributed by atoms with Crippen LogP contribution in [-0.4, -0.2) is 19.1 Å². The minimum Gasteiger partial charge on any atom is -0.465 e. The quantitative estimate of drug-likeness (QED) is 0.658. The summed E-state index contributed by atoms with van der Waals surface area (Å²) in [6, 6.07) is 17.0. The standard InChI is InChI=1S/C22H23NO2/c1-25-22(24)16-11-13-21-19(14-16)17-8-5-9-18(17)20(23-21)12-10-15-6-3-2-4-7-15/h2-8,11,13-14,17-18,20,23H,9-10,12H2,1H3/t17-,18+,20+/m0/s1. The van der Waals surface area contributed by atoms with Gasteiger partial charge in [-0.15, -0.1) is 0 Å². The Kier molecular flexibility index (Phi) is 4.31. The van der Waals surface area contributed by atoms with E-state index in [0.717, 1.165) is 24.9 Å². The van der Waals surface area contributed by atoms with E-state index < -0.39 is 0 Å². The second-order valence-corrected chi connectivity index (χ2v) is 6.92. The van der Waals surface area contributed by atoms with E-state index in [1.165, 1.54) is 18.2 Å². The summed E-state index contributed by atoms with van der Waals surface area (Å²) >= 11 is 0. The molecule has 3 nitrogen and oxygen atoms in total. The Hall–Kier alpha value is -2.55. The summed E-state index contributed by atoms with van der Waals surface area (Å²) in [6.07, 6.45) is 7.88. The minimum atomic E-state index is -0.271. The normalized spacial score (nSPS) is 23.5. The SMILES string of the molecule is COC(=O)c1ccc2c(c1)[C@H]1C=CC[C@H]1[C@@H](CCc1ccccc1)N2. The maximum atomic E-state index is 11.9. The van der Waals surface area contributed by atoms with Crippen LogP contribution in [0.1, 0.15) is 40.2 Å². The van der Waals surface area contributed by atoms with E-state index >= 15 is 0 Å². The van der Waals surface area contributed by atoms with Crippen LogP contribution >= 0.6 is 0 Å². The van der Waals surface area contributed by atoms with Crippen LogP contribution < -0.4 is 5.32 Å². The van der Waals surface area contributed by atoms with Gasteiger partial charge in [0, 0.05) is 17.6 Å². The Morgan fingerprint density at radius 3 is 2.84 bits per heavy atom. The van der Waals surface area contributed by atoms with Gasteiger partial charge in [-0.25, -0.2) is 4.79 Å². The Balaban J connectivity index is 1.57. The molecule has 4 rings (SSSR count). The van der Waals surface area contributed by atoms with Gasteiger partial charge in [-0.3, -0.25) is 0 Å². The molecule has 1 aliphatic heterocycles. The largest absolute Gasteiger partial charge is 0.465 e. The molecule has 3 atom stereocenters. The molecule has 25 heavy (non-hydrogen) atoms. The van der Waals surface area contributed by atoms with Gasteiger partial charge in [-0.05, 0) is 54.5 Å². The number of ether oxygens (including phenoxy) is 1. The molecule has 3 heteroatoms. The molecular formula is C22H23NO2. The lowest BCUT2D eigenvalue weighted by Crippen LogP contribution is -2.36. The molecule has 0 spiro atoms. The molecular weight excluding hydrogens is 310 g/mol. The number of esters is 1. The van der Waals surface area contributed by atoms with Gasteiger partial charge in [0.2, 0.25) is 0 Å². The number of rotatable bonds is 4. The summed E-state index contributed by atoms with van der Waals surface area (Å²) in [7, 11) is 1.43. The molecule has 128 valence electrons. The highest BCUT2D eigenvalue weighted by Gasteiger charge is 2.37. The van der Waals surface area contributed by atoms with E-state index in [9.17, 15) is 4.79 Å². The van der Waals surface area contributed by atoms with Gasteiger partial charge in [-0.2, -0.15) is 0 Å². The molecule has 0 bridgehead atoms. The Labute approximate surface area is 148 Å². The van der Waals surface area contributed by atoms with Crippen molar-refractivity contribution in [2.75, 3.05) is 12.4 Å². The first-order chi connectivity index (χ1) is 12.3. The van der Waals surface area contributed by atoms with Crippen molar-refractivity contribution >= 4 is 11.7 Å². The number of allylic oxidation sites excluding steroid dienone is 2.